The molecule has 1 fully saturated rings. The summed E-state index contributed by atoms with van der Waals surface area (Å²) in [6.45, 7) is 2.10. The van der Waals surface area contributed by atoms with Crippen molar-refractivity contribution in [3.8, 4) is 11.8 Å². The quantitative estimate of drug-likeness (QED) is 0.489. The fraction of sp³-hybridized carbons (Fsp3) is 0.273. The van der Waals surface area contributed by atoms with Gasteiger partial charge in [-0.05, 0) is 37.3 Å². The van der Waals surface area contributed by atoms with E-state index in [1.807, 2.05) is 41.2 Å². The monoisotopic (exact) mass is 437 g/mol. The molecule has 3 heterocycles. The van der Waals surface area contributed by atoms with E-state index in [0.717, 1.165) is 27.8 Å². The van der Waals surface area contributed by atoms with Gasteiger partial charge in [-0.25, -0.2) is 4.57 Å². The molecule has 3 atom stereocenters. The molecule has 0 bridgehead atoms. The Balaban J connectivity index is 1.48. The molecule has 1 saturated heterocycles. The molecule has 158 valence electrons. The van der Waals surface area contributed by atoms with Crippen LogP contribution in [0, 0.1) is 17.2 Å². The Hall–Kier alpha value is -3.35. The number of nitriles is 1. The maximum Gasteiger partial charge on any atom is 0.236 e. The zero-order chi connectivity index (χ0) is 22.1. The number of benzene rings is 1. The number of carbonyl (C=O) groups is 2. The highest BCUT2D eigenvalue weighted by molar-refractivity contribution is 8.03. The van der Waals surface area contributed by atoms with E-state index in [2.05, 4.69) is 6.07 Å². The average Bonchev–Trinajstić information content (AvgIpc) is 3.04. The van der Waals surface area contributed by atoms with Crippen molar-refractivity contribution in [1.82, 2.24) is 4.90 Å². The number of carboxylic acids is 1. The zero-order valence-electron chi connectivity index (χ0n) is 16.6. The van der Waals surface area contributed by atoms with Crippen LogP contribution in [0.5, 0.6) is 5.75 Å². The fourth-order valence-corrected chi connectivity index (χ4v) is 5.13. The average molecular weight is 437 g/mol. The lowest BCUT2D eigenvalue weighted by Crippen LogP contribution is -2.61. The van der Waals surface area contributed by atoms with E-state index < -0.39 is 29.3 Å². The van der Waals surface area contributed by atoms with Gasteiger partial charge in [0.2, 0.25) is 5.91 Å². The van der Waals surface area contributed by atoms with Gasteiger partial charge in [-0.2, -0.15) is 5.26 Å². The lowest BCUT2D eigenvalue weighted by Gasteiger charge is -2.44. The Morgan fingerprint density at radius 2 is 2.10 bits per heavy atom. The first-order chi connectivity index (χ1) is 14.9. The minimum atomic E-state index is -1.49. The van der Waals surface area contributed by atoms with Gasteiger partial charge in [0.05, 0.1) is 30.5 Å². The molecular formula is C22H19N3O5S. The molecule has 4 rings (SSSR count). The third-order valence-corrected chi connectivity index (χ3v) is 6.40. The van der Waals surface area contributed by atoms with Crippen LogP contribution in [0.25, 0.3) is 0 Å². The predicted molar refractivity (Wildman–Crippen MR) is 108 cm³/mol. The number of ether oxygens (including phenoxy) is 1. The minimum absolute atomic E-state index is 0.0767. The van der Waals surface area contributed by atoms with Gasteiger partial charge in [0.25, 0.3) is 0 Å². The van der Waals surface area contributed by atoms with Gasteiger partial charge in [-0.1, -0.05) is 11.8 Å². The van der Waals surface area contributed by atoms with Gasteiger partial charge in [-0.15, -0.1) is 0 Å². The number of amides is 1. The number of hydrogen-bond donors (Lipinski definition) is 1. The number of pyridine rings is 1. The first-order valence-electron chi connectivity index (χ1n) is 9.64. The number of carbonyl (C=O) groups excluding carboxylic acids is 2. The molecule has 8 nitrogen and oxygen atoms in total. The van der Waals surface area contributed by atoms with Crippen LogP contribution in [0.3, 0.4) is 0 Å². The number of hydrogen-bond acceptors (Lipinski definition) is 7. The maximum absolute atomic E-state index is 12.2. The standard InChI is InChI=1S/C22H19N3O5S/c1-13(26)17-19(27)25-18(21(28)29)22(31-20(17)25)30-16-6-4-15(5-7-16)12-24-10-2-3-14(11-24)8-9-23/h2-7,10-11,13,17,20,26H,8,12H2,1H3/t13-,17+,20-/m1/s1. The molecule has 9 heteroatoms. The van der Waals surface area contributed by atoms with Crippen molar-refractivity contribution >= 4 is 23.6 Å². The Labute approximate surface area is 183 Å². The number of aliphatic hydroxyl groups excluding tert-OH is 1. The SMILES string of the molecule is C[C@@H](O)[C@H]1C(=O)N2C(C(=O)[O-])=C(Oc3ccc(C[n+]4cccc(CC#N)c4)cc3)S[C@H]12. The number of aliphatic hydroxyl groups is 1. The van der Waals surface area contributed by atoms with Crippen LogP contribution >= 0.6 is 11.8 Å². The first kappa shape index (κ1) is 20.9. The van der Waals surface area contributed by atoms with Crippen LogP contribution in [0.1, 0.15) is 18.1 Å². The molecule has 0 saturated carbocycles. The lowest BCUT2D eigenvalue weighted by atomic mass is 9.92. The van der Waals surface area contributed by atoms with Gasteiger partial charge in [0, 0.05) is 17.2 Å². The summed E-state index contributed by atoms with van der Waals surface area (Å²) >= 11 is 1.10. The number of carboxylic acid groups (broad SMARTS) is 1. The molecule has 0 radical (unpaired) electrons. The summed E-state index contributed by atoms with van der Waals surface area (Å²) < 4.78 is 7.74. The van der Waals surface area contributed by atoms with E-state index >= 15 is 0 Å². The van der Waals surface area contributed by atoms with Crippen LogP contribution in [0.2, 0.25) is 0 Å². The van der Waals surface area contributed by atoms with E-state index in [-0.39, 0.29) is 10.8 Å². The second kappa shape index (κ2) is 8.41. The van der Waals surface area contributed by atoms with Crippen molar-refractivity contribution in [2.75, 3.05) is 0 Å². The molecular weight excluding hydrogens is 418 g/mol. The van der Waals surface area contributed by atoms with E-state index in [9.17, 15) is 19.8 Å². The van der Waals surface area contributed by atoms with Crippen LogP contribution < -0.4 is 14.4 Å². The van der Waals surface area contributed by atoms with Gasteiger partial charge in [0.15, 0.2) is 24.0 Å². The third-order valence-electron chi connectivity index (χ3n) is 5.16. The third kappa shape index (κ3) is 4.00. The molecule has 1 aromatic carbocycles. The fourth-order valence-electron chi connectivity index (χ4n) is 3.66. The predicted octanol–water partition coefficient (Wildman–Crippen LogP) is 0.298. The van der Waals surface area contributed by atoms with E-state index in [1.165, 1.54) is 6.92 Å². The number of aromatic nitrogens is 1. The Morgan fingerprint density at radius 1 is 1.35 bits per heavy atom. The molecule has 1 amide bonds. The number of aliphatic carboxylic acids is 1. The second-order valence-electron chi connectivity index (χ2n) is 7.37. The number of β-lactam (4-membered cyclic amide) rings is 1. The van der Waals surface area contributed by atoms with Crippen LogP contribution in [0.4, 0.5) is 0 Å². The van der Waals surface area contributed by atoms with Crippen molar-refractivity contribution in [1.29, 1.82) is 5.26 Å². The number of fused-ring (bicyclic) bond motifs is 1. The molecule has 1 aromatic heterocycles. The second-order valence-corrected chi connectivity index (χ2v) is 8.46. The highest BCUT2D eigenvalue weighted by atomic mass is 32.2. The first-order valence-corrected chi connectivity index (χ1v) is 10.5. The van der Waals surface area contributed by atoms with Crippen molar-refractivity contribution in [2.24, 2.45) is 5.92 Å². The topological polar surface area (TPSA) is 118 Å². The van der Waals surface area contributed by atoms with Crippen LogP contribution in [0.15, 0.2) is 59.6 Å². The van der Waals surface area contributed by atoms with Gasteiger partial charge in [-0.3, -0.25) is 9.69 Å². The molecule has 31 heavy (non-hydrogen) atoms. The summed E-state index contributed by atoms with van der Waals surface area (Å²) in [6.07, 6.45) is 3.29. The molecule has 0 aliphatic carbocycles. The number of rotatable bonds is 7. The summed E-state index contributed by atoms with van der Waals surface area (Å²) in [5, 5.41) is 29.8. The number of nitrogens with zero attached hydrogens (tertiary/aromatic N) is 3. The Kier molecular flexibility index (Phi) is 5.67. The lowest BCUT2D eigenvalue weighted by molar-refractivity contribution is -0.688. The van der Waals surface area contributed by atoms with E-state index in [0.29, 0.717) is 18.7 Å². The molecule has 2 aliphatic rings. The maximum atomic E-state index is 12.2. The summed E-state index contributed by atoms with van der Waals surface area (Å²) in [5.41, 5.74) is 1.62. The van der Waals surface area contributed by atoms with Gasteiger partial charge >= 0.3 is 0 Å². The Morgan fingerprint density at radius 3 is 2.74 bits per heavy atom. The largest absolute Gasteiger partial charge is 0.543 e. The van der Waals surface area contributed by atoms with Crippen molar-refractivity contribution in [2.45, 2.75) is 31.4 Å². The zero-order valence-corrected chi connectivity index (χ0v) is 17.4. The molecule has 2 aromatic rings. The normalized spacial score (nSPS) is 20.7. The summed E-state index contributed by atoms with van der Waals surface area (Å²) in [6, 6.07) is 13.1. The van der Waals surface area contributed by atoms with Crippen LogP contribution in [-0.4, -0.2) is 33.4 Å². The molecule has 0 unspecified atom stereocenters. The van der Waals surface area contributed by atoms with Gasteiger partial charge in [0.1, 0.15) is 16.8 Å². The smallest absolute Gasteiger partial charge is 0.236 e. The molecule has 0 spiro atoms. The summed E-state index contributed by atoms with van der Waals surface area (Å²) in [7, 11) is 0. The van der Waals surface area contributed by atoms with E-state index in [1.54, 1.807) is 12.1 Å². The van der Waals surface area contributed by atoms with Crippen molar-refractivity contribution < 1.29 is 29.1 Å². The molecule has 2 aliphatic heterocycles. The Bertz CT molecular complexity index is 1110. The summed E-state index contributed by atoms with van der Waals surface area (Å²) in [4.78, 5) is 25.0. The van der Waals surface area contributed by atoms with E-state index in [4.69, 9.17) is 10.00 Å². The molecule has 1 N–H and O–H groups in total. The highest BCUT2D eigenvalue weighted by Gasteiger charge is 2.57. The summed E-state index contributed by atoms with van der Waals surface area (Å²) in [5.74, 6) is -2.18. The highest BCUT2D eigenvalue weighted by Crippen LogP contribution is 2.50. The van der Waals surface area contributed by atoms with Crippen LogP contribution in [-0.2, 0) is 22.6 Å². The van der Waals surface area contributed by atoms with Gasteiger partial charge < -0.3 is 19.7 Å². The van der Waals surface area contributed by atoms with Crippen molar-refractivity contribution in [3.05, 3.63) is 70.7 Å². The minimum Gasteiger partial charge on any atom is -0.543 e. The number of thioether (sulfide) groups is 1. The van der Waals surface area contributed by atoms with Crippen molar-refractivity contribution in [3.63, 3.8) is 0 Å².